The Bertz CT molecular complexity index is 1860. The zero-order valence-corrected chi connectivity index (χ0v) is 25.7. The van der Waals surface area contributed by atoms with E-state index < -0.39 is 5.82 Å². The summed E-state index contributed by atoms with van der Waals surface area (Å²) in [6.45, 7) is 11.2. The Kier molecular flexibility index (Phi) is 6.76. The van der Waals surface area contributed by atoms with Crippen molar-refractivity contribution in [1.29, 1.82) is 0 Å². The van der Waals surface area contributed by atoms with Gasteiger partial charge in [0.25, 0.3) is 0 Å². The van der Waals surface area contributed by atoms with Crippen LogP contribution in [0.3, 0.4) is 0 Å². The maximum atomic E-state index is 17.1. The van der Waals surface area contributed by atoms with Crippen LogP contribution in [-0.2, 0) is 9.59 Å². The molecule has 10 nitrogen and oxygen atoms in total. The molecule has 2 saturated heterocycles. The number of primary amides is 1. The summed E-state index contributed by atoms with van der Waals surface area (Å²) in [7, 11) is 0. The van der Waals surface area contributed by atoms with Gasteiger partial charge in [-0.15, -0.1) is 0 Å². The molecule has 1 aliphatic carbocycles. The summed E-state index contributed by atoms with van der Waals surface area (Å²) in [5.74, 6) is -0.194. The number of hydrogen-bond donors (Lipinski definition) is 2. The van der Waals surface area contributed by atoms with Gasteiger partial charge < -0.3 is 20.4 Å². The number of H-pyrrole nitrogens is 1. The van der Waals surface area contributed by atoms with E-state index >= 15 is 4.39 Å². The lowest BCUT2D eigenvalue weighted by Crippen LogP contribution is -2.58. The van der Waals surface area contributed by atoms with Crippen LogP contribution in [0.5, 0.6) is 0 Å². The Balaban J connectivity index is 1.42. The van der Waals surface area contributed by atoms with Crippen LogP contribution in [0.15, 0.2) is 30.9 Å². The van der Waals surface area contributed by atoms with Crippen LogP contribution in [-0.4, -0.2) is 75.1 Å². The van der Waals surface area contributed by atoms with Gasteiger partial charge in [0.2, 0.25) is 17.8 Å². The Hall–Kier alpha value is -4.25. The lowest BCUT2D eigenvalue weighted by Gasteiger charge is -2.45. The summed E-state index contributed by atoms with van der Waals surface area (Å²) in [5.41, 5.74) is 9.32. The van der Waals surface area contributed by atoms with E-state index in [-0.39, 0.29) is 45.9 Å². The van der Waals surface area contributed by atoms with Gasteiger partial charge in [0.1, 0.15) is 11.3 Å². The Morgan fingerprint density at radius 2 is 1.86 bits per heavy atom. The standard InChI is InChI=1S/C32H34ClFN8O2/c1-5-23(43)41-11-17(4)42(12-16(41)3)31-20-10-21(33)25(24-15(2)6-9-22-26(24)28(39-38-22)18-7-8-18)27(34)29(20)36-32(37-31)40-13-19(14-40)30(35)44/h5-6,9-10,16-19H,1,7-8,11-14H2,2-4H3,(H2,35,44)(H,38,39)/t16-,17+/m1/s1. The number of carbonyl (C=O) groups excluding carboxylic acids is 2. The van der Waals surface area contributed by atoms with Gasteiger partial charge in [-0.05, 0) is 57.4 Å². The molecule has 2 amide bonds. The van der Waals surface area contributed by atoms with Crippen LogP contribution in [0.2, 0.25) is 5.02 Å². The molecule has 7 rings (SSSR count). The fourth-order valence-electron chi connectivity index (χ4n) is 6.64. The fraction of sp³-hybridized carbons (Fsp3) is 0.406. The highest BCUT2D eigenvalue weighted by molar-refractivity contribution is 6.35. The predicted octanol–water partition coefficient (Wildman–Crippen LogP) is 4.68. The van der Waals surface area contributed by atoms with E-state index in [1.807, 2.05) is 37.8 Å². The first kappa shape index (κ1) is 28.5. The minimum Gasteiger partial charge on any atom is -0.369 e. The third-order valence-electron chi connectivity index (χ3n) is 9.31. The molecule has 0 spiro atoms. The number of nitrogens with one attached hydrogen (secondary N) is 1. The smallest absolute Gasteiger partial charge is 0.246 e. The molecule has 12 heteroatoms. The first-order valence-electron chi connectivity index (χ1n) is 15.0. The van der Waals surface area contributed by atoms with Gasteiger partial charge in [0.15, 0.2) is 5.82 Å². The number of aromatic nitrogens is 4. The number of piperazine rings is 1. The number of nitrogens with two attached hydrogens (primary N) is 1. The molecule has 1 saturated carbocycles. The number of hydrogen-bond acceptors (Lipinski definition) is 7. The summed E-state index contributed by atoms with van der Waals surface area (Å²) in [5, 5.41) is 9.35. The number of rotatable bonds is 6. The second kappa shape index (κ2) is 10.4. The maximum absolute atomic E-state index is 17.1. The number of aromatic amines is 1. The van der Waals surface area contributed by atoms with E-state index in [0.29, 0.717) is 54.8 Å². The van der Waals surface area contributed by atoms with E-state index in [1.54, 1.807) is 11.0 Å². The normalized spacial score (nSPS) is 20.8. The van der Waals surface area contributed by atoms with Crippen LogP contribution in [0.4, 0.5) is 16.2 Å². The number of anilines is 2. The molecular formula is C32H34ClFN8O2. The van der Waals surface area contributed by atoms with Crippen molar-refractivity contribution >= 4 is 57.0 Å². The maximum Gasteiger partial charge on any atom is 0.246 e. The molecule has 2 aliphatic heterocycles. The average Bonchev–Trinajstić information content (AvgIpc) is 3.72. The van der Waals surface area contributed by atoms with Crippen LogP contribution in [0.1, 0.15) is 43.9 Å². The van der Waals surface area contributed by atoms with Crippen LogP contribution in [0.25, 0.3) is 32.9 Å². The molecule has 0 bridgehead atoms. The molecule has 44 heavy (non-hydrogen) atoms. The quantitative estimate of drug-likeness (QED) is 0.301. The Labute approximate surface area is 259 Å². The van der Waals surface area contributed by atoms with E-state index in [9.17, 15) is 9.59 Å². The number of nitrogens with zero attached hydrogens (tertiary/aromatic N) is 6. The molecule has 3 fully saturated rings. The van der Waals surface area contributed by atoms with Crippen molar-refractivity contribution in [3.8, 4) is 11.1 Å². The van der Waals surface area contributed by atoms with Gasteiger partial charge in [0, 0.05) is 66.1 Å². The lowest BCUT2D eigenvalue weighted by atomic mass is 9.93. The van der Waals surface area contributed by atoms with Crippen LogP contribution < -0.4 is 15.5 Å². The van der Waals surface area contributed by atoms with Gasteiger partial charge in [-0.1, -0.05) is 24.2 Å². The molecule has 4 aromatic rings. The molecule has 0 unspecified atom stereocenters. The largest absolute Gasteiger partial charge is 0.369 e. The summed E-state index contributed by atoms with van der Waals surface area (Å²) >= 11 is 7.01. The first-order valence-corrected chi connectivity index (χ1v) is 15.4. The highest BCUT2D eigenvalue weighted by Gasteiger charge is 2.37. The Morgan fingerprint density at radius 3 is 2.55 bits per heavy atom. The average molecular weight is 617 g/mol. The van der Waals surface area contributed by atoms with Gasteiger partial charge in [0.05, 0.1) is 22.2 Å². The van der Waals surface area contributed by atoms with Crippen LogP contribution in [0, 0.1) is 18.7 Å². The summed E-state index contributed by atoms with van der Waals surface area (Å²) in [4.78, 5) is 39.7. The van der Waals surface area contributed by atoms with E-state index in [1.165, 1.54) is 6.08 Å². The highest BCUT2D eigenvalue weighted by Crippen LogP contribution is 2.48. The van der Waals surface area contributed by atoms with Crippen molar-refractivity contribution < 1.29 is 14.0 Å². The summed E-state index contributed by atoms with van der Waals surface area (Å²) in [6.07, 6.45) is 3.42. The lowest BCUT2D eigenvalue weighted by molar-refractivity contribution is -0.128. The number of benzene rings is 2. The van der Waals surface area contributed by atoms with E-state index in [4.69, 9.17) is 27.3 Å². The topological polar surface area (TPSA) is 124 Å². The van der Waals surface area contributed by atoms with Crippen molar-refractivity contribution in [3.63, 3.8) is 0 Å². The minimum atomic E-state index is -0.538. The number of aryl methyl sites for hydroxylation is 1. The SMILES string of the molecule is C=CC(=O)N1C[C@H](C)N(c2nc(N3CC(C(N)=O)C3)nc3c(F)c(-c4c(C)ccc5[nH]nc(C6CC6)c45)c(Cl)cc23)C[C@H]1C. The number of amides is 2. The van der Waals surface area contributed by atoms with Gasteiger partial charge >= 0.3 is 0 Å². The van der Waals surface area contributed by atoms with Gasteiger partial charge in [-0.2, -0.15) is 10.1 Å². The van der Waals surface area contributed by atoms with Crippen molar-refractivity contribution in [1.82, 2.24) is 25.1 Å². The summed E-state index contributed by atoms with van der Waals surface area (Å²) in [6, 6.07) is 5.39. The first-order chi connectivity index (χ1) is 21.1. The fourth-order valence-corrected chi connectivity index (χ4v) is 6.93. The molecular weight excluding hydrogens is 583 g/mol. The number of fused-ring (bicyclic) bond motifs is 2. The molecule has 3 N–H and O–H groups in total. The molecule has 2 atom stereocenters. The molecule has 2 aromatic heterocycles. The van der Waals surface area contributed by atoms with E-state index in [2.05, 4.69) is 21.7 Å². The zero-order chi connectivity index (χ0) is 31.0. The molecule has 3 aliphatic rings. The van der Waals surface area contributed by atoms with Crippen molar-refractivity contribution in [3.05, 3.63) is 53.0 Å². The van der Waals surface area contributed by atoms with Crippen LogP contribution >= 0.6 is 11.6 Å². The molecule has 4 heterocycles. The predicted molar refractivity (Wildman–Crippen MR) is 169 cm³/mol. The third-order valence-corrected chi connectivity index (χ3v) is 9.61. The molecule has 2 aromatic carbocycles. The third kappa shape index (κ3) is 4.47. The van der Waals surface area contributed by atoms with Gasteiger partial charge in [-0.25, -0.2) is 9.37 Å². The highest BCUT2D eigenvalue weighted by atomic mass is 35.5. The zero-order valence-electron chi connectivity index (χ0n) is 24.9. The van der Waals surface area contributed by atoms with Gasteiger partial charge in [-0.3, -0.25) is 14.7 Å². The number of carbonyl (C=O) groups is 2. The molecule has 228 valence electrons. The minimum absolute atomic E-state index is 0.136. The van der Waals surface area contributed by atoms with Crippen molar-refractivity contribution in [2.24, 2.45) is 11.7 Å². The molecule has 0 radical (unpaired) electrons. The van der Waals surface area contributed by atoms with Crippen molar-refractivity contribution in [2.75, 3.05) is 36.0 Å². The second-order valence-electron chi connectivity index (χ2n) is 12.4. The summed E-state index contributed by atoms with van der Waals surface area (Å²) < 4.78 is 17.1. The number of halogens is 2. The monoisotopic (exact) mass is 616 g/mol. The second-order valence-corrected chi connectivity index (χ2v) is 12.8. The van der Waals surface area contributed by atoms with E-state index in [0.717, 1.165) is 35.0 Å². The Morgan fingerprint density at radius 1 is 1.11 bits per heavy atom. The van der Waals surface area contributed by atoms with Crippen molar-refractivity contribution in [2.45, 2.75) is 51.6 Å².